The monoisotopic (exact) mass is 256 g/mol. The van der Waals surface area contributed by atoms with Gasteiger partial charge in [-0.3, -0.25) is 4.79 Å². The molecule has 0 spiro atoms. The normalized spacial score (nSPS) is 10.3. The average Bonchev–Trinajstić information content (AvgIpc) is 2.71. The van der Waals surface area contributed by atoms with E-state index in [4.69, 9.17) is 10.5 Å². The van der Waals surface area contributed by atoms with E-state index in [0.29, 0.717) is 17.8 Å². The molecule has 6 heteroatoms. The van der Waals surface area contributed by atoms with Crippen LogP contribution in [0.3, 0.4) is 0 Å². The third-order valence-corrected chi connectivity index (χ3v) is 3.27. The number of hydrogen-bond donors (Lipinski definition) is 1. The van der Waals surface area contributed by atoms with Crippen LogP contribution in [-0.2, 0) is 11.2 Å². The van der Waals surface area contributed by atoms with Crippen molar-refractivity contribution in [3.05, 3.63) is 15.6 Å². The maximum Gasteiger partial charge on any atom is 0.358 e. The molecular weight excluding hydrogens is 240 g/mol. The topological polar surface area (TPSA) is 82.3 Å². The molecule has 0 aliphatic carbocycles. The Morgan fingerprint density at radius 3 is 2.71 bits per heavy atom. The van der Waals surface area contributed by atoms with Gasteiger partial charge in [0.2, 0.25) is 0 Å². The van der Waals surface area contributed by atoms with E-state index in [1.807, 2.05) is 0 Å². The maximum atomic E-state index is 11.6. The molecule has 0 bridgehead atoms. The number of Topliss-reactive ketones (excluding diaryl/α,β-unsaturated/α-hetero) is 1. The first-order chi connectivity index (χ1) is 8.10. The second-order valence-electron chi connectivity index (χ2n) is 3.45. The molecule has 17 heavy (non-hydrogen) atoms. The van der Waals surface area contributed by atoms with Gasteiger partial charge in [0.25, 0.3) is 0 Å². The zero-order chi connectivity index (χ0) is 12.8. The minimum atomic E-state index is -0.534. The smallest absolute Gasteiger partial charge is 0.358 e. The molecule has 94 valence electrons. The van der Waals surface area contributed by atoms with Crippen LogP contribution >= 0.6 is 11.3 Å². The molecule has 2 N–H and O–H groups in total. The fourth-order valence-corrected chi connectivity index (χ4v) is 2.29. The van der Waals surface area contributed by atoms with E-state index in [2.05, 4.69) is 4.98 Å². The van der Waals surface area contributed by atoms with Gasteiger partial charge >= 0.3 is 5.97 Å². The summed E-state index contributed by atoms with van der Waals surface area (Å²) < 4.78 is 4.86. The van der Waals surface area contributed by atoms with E-state index in [0.717, 1.165) is 11.4 Å². The highest BCUT2D eigenvalue weighted by Gasteiger charge is 2.21. The van der Waals surface area contributed by atoms with Gasteiger partial charge in [0, 0.05) is 13.3 Å². The van der Waals surface area contributed by atoms with Gasteiger partial charge in [-0.05, 0) is 19.9 Å². The number of aromatic nitrogens is 1. The summed E-state index contributed by atoms with van der Waals surface area (Å²) in [5.74, 6) is -0.697. The molecule has 0 atom stereocenters. The summed E-state index contributed by atoms with van der Waals surface area (Å²) in [5, 5.41) is 0.753. The van der Waals surface area contributed by atoms with Gasteiger partial charge in [-0.15, -0.1) is 11.3 Å². The molecular formula is C11H16N2O3S. The lowest BCUT2D eigenvalue weighted by Gasteiger charge is -1.98. The van der Waals surface area contributed by atoms with Crippen molar-refractivity contribution in [2.45, 2.75) is 26.7 Å². The Morgan fingerprint density at radius 2 is 2.18 bits per heavy atom. The van der Waals surface area contributed by atoms with Crippen molar-refractivity contribution in [1.29, 1.82) is 0 Å². The number of nitrogens with zero attached hydrogens (tertiary/aromatic N) is 1. The lowest BCUT2D eigenvalue weighted by atomic mass is 10.3. The zero-order valence-electron chi connectivity index (χ0n) is 9.99. The number of thiazole rings is 1. The molecule has 1 heterocycles. The van der Waals surface area contributed by atoms with E-state index in [1.165, 1.54) is 18.3 Å². The quantitative estimate of drug-likeness (QED) is 0.614. The second-order valence-corrected chi connectivity index (χ2v) is 4.54. The van der Waals surface area contributed by atoms with E-state index in [-0.39, 0.29) is 18.1 Å². The fourth-order valence-electron chi connectivity index (χ4n) is 1.30. The molecule has 0 fully saturated rings. The number of carbonyl (C=O) groups is 2. The lowest BCUT2D eigenvalue weighted by Crippen LogP contribution is -2.09. The number of carbonyl (C=O) groups excluding carboxylic acids is 2. The predicted molar refractivity (Wildman–Crippen MR) is 65.5 cm³/mol. The molecule has 5 nitrogen and oxygen atoms in total. The molecule has 0 radical (unpaired) electrons. The van der Waals surface area contributed by atoms with Crippen LogP contribution in [0.4, 0.5) is 0 Å². The van der Waals surface area contributed by atoms with Crippen molar-refractivity contribution in [3.63, 3.8) is 0 Å². The Kier molecular flexibility index (Phi) is 5.24. The summed E-state index contributed by atoms with van der Waals surface area (Å²) in [4.78, 5) is 27.5. The Labute approximate surface area is 104 Å². The van der Waals surface area contributed by atoms with Gasteiger partial charge in [0.05, 0.1) is 11.6 Å². The van der Waals surface area contributed by atoms with Crippen molar-refractivity contribution in [3.8, 4) is 0 Å². The predicted octanol–water partition coefficient (Wildman–Crippen LogP) is 1.41. The second kappa shape index (κ2) is 6.46. The van der Waals surface area contributed by atoms with Gasteiger partial charge in [-0.25, -0.2) is 9.78 Å². The van der Waals surface area contributed by atoms with E-state index in [9.17, 15) is 9.59 Å². The number of ether oxygens (including phenoxy) is 1. The third-order valence-electron chi connectivity index (χ3n) is 2.05. The van der Waals surface area contributed by atoms with Crippen LogP contribution in [0.15, 0.2) is 0 Å². The first-order valence-corrected chi connectivity index (χ1v) is 6.29. The summed E-state index contributed by atoms with van der Waals surface area (Å²) in [5.41, 5.74) is 5.54. The first kappa shape index (κ1) is 13.8. The van der Waals surface area contributed by atoms with Gasteiger partial charge < -0.3 is 10.5 Å². The molecule has 1 rings (SSSR count). The Balaban J connectivity index is 2.96. The molecule has 0 saturated heterocycles. The minimum Gasteiger partial charge on any atom is -0.461 e. The van der Waals surface area contributed by atoms with Crippen LogP contribution in [-0.4, -0.2) is 29.9 Å². The summed E-state index contributed by atoms with van der Waals surface area (Å²) >= 11 is 1.24. The van der Waals surface area contributed by atoms with Crippen LogP contribution in [0.2, 0.25) is 0 Å². The minimum absolute atomic E-state index is 0.136. The van der Waals surface area contributed by atoms with Crippen molar-refractivity contribution in [2.75, 3.05) is 13.2 Å². The van der Waals surface area contributed by atoms with E-state index < -0.39 is 5.97 Å². The SMILES string of the molecule is CCOC(=O)c1nc(CCCN)sc1C(C)=O. The number of hydrogen-bond acceptors (Lipinski definition) is 6. The maximum absolute atomic E-state index is 11.6. The molecule has 0 aliphatic rings. The van der Waals surface area contributed by atoms with Crippen LogP contribution in [0, 0.1) is 0 Å². The van der Waals surface area contributed by atoms with Gasteiger partial charge in [-0.2, -0.15) is 0 Å². The summed E-state index contributed by atoms with van der Waals surface area (Å²) in [6.07, 6.45) is 1.47. The Bertz CT molecular complexity index is 415. The van der Waals surface area contributed by atoms with Crippen molar-refractivity contribution < 1.29 is 14.3 Å². The highest BCUT2D eigenvalue weighted by atomic mass is 32.1. The average molecular weight is 256 g/mol. The van der Waals surface area contributed by atoms with Crippen LogP contribution < -0.4 is 5.73 Å². The molecule has 1 aromatic rings. The largest absolute Gasteiger partial charge is 0.461 e. The molecule has 0 saturated carbocycles. The highest BCUT2D eigenvalue weighted by Crippen LogP contribution is 2.21. The number of rotatable bonds is 6. The number of ketones is 1. The van der Waals surface area contributed by atoms with Crippen LogP contribution in [0.25, 0.3) is 0 Å². The van der Waals surface area contributed by atoms with Crippen molar-refractivity contribution in [1.82, 2.24) is 4.98 Å². The van der Waals surface area contributed by atoms with Gasteiger partial charge in [-0.1, -0.05) is 0 Å². The Hall–Kier alpha value is -1.27. The Morgan fingerprint density at radius 1 is 1.47 bits per heavy atom. The van der Waals surface area contributed by atoms with Crippen LogP contribution in [0.5, 0.6) is 0 Å². The lowest BCUT2D eigenvalue weighted by molar-refractivity contribution is 0.0517. The number of aryl methyl sites for hydroxylation is 1. The standard InChI is InChI=1S/C11H16N2O3S/c1-3-16-11(15)9-10(7(2)14)17-8(13-9)5-4-6-12/h3-6,12H2,1-2H3. The fraction of sp³-hybridized carbons (Fsp3) is 0.545. The summed E-state index contributed by atoms with van der Waals surface area (Å²) in [6.45, 7) is 3.96. The molecule has 0 unspecified atom stereocenters. The van der Waals surface area contributed by atoms with Crippen LogP contribution in [0.1, 0.15) is 45.4 Å². The summed E-state index contributed by atoms with van der Waals surface area (Å²) in [6, 6.07) is 0. The molecule has 0 aromatic carbocycles. The molecule has 0 aliphatic heterocycles. The molecule has 1 aromatic heterocycles. The number of nitrogens with two attached hydrogens (primary N) is 1. The van der Waals surface area contributed by atoms with E-state index in [1.54, 1.807) is 6.92 Å². The van der Waals surface area contributed by atoms with Gasteiger partial charge in [0.1, 0.15) is 4.88 Å². The van der Waals surface area contributed by atoms with E-state index >= 15 is 0 Å². The highest BCUT2D eigenvalue weighted by molar-refractivity contribution is 7.14. The summed E-state index contributed by atoms with van der Waals surface area (Å²) in [7, 11) is 0. The number of esters is 1. The molecule has 0 amide bonds. The first-order valence-electron chi connectivity index (χ1n) is 5.48. The third kappa shape index (κ3) is 3.61. The zero-order valence-corrected chi connectivity index (χ0v) is 10.8. The van der Waals surface area contributed by atoms with Crippen molar-refractivity contribution in [2.24, 2.45) is 5.73 Å². The van der Waals surface area contributed by atoms with Gasteiger partial charge in [0.15, 0.2) is 11.5 Å². The van der Waals surface area contributed by atoms with Crippen molar-refractivity contribution >= 4 is 23.1 Å².